The number of ether oxygens (including phenoxy) is 2. The second kappa shape index (κ2) is 8.35. The molecular weight excluding hydrogens is 346 g/mol. The molecule has 0 aliphatic rings. The summed E-state index contributed by atoms with van der Waals surface area (Å²) >= 11 is 0. The number of nitrogens with one attached hydrogen (secondary N) is 1. The zero-order chi connectivity index (χ0) is 19.2. The summed E-state index contributed by atoms with van der Waals surface area (Å²) in [5, 5.41) is 6.84. The Morgan fingerprint density at radius 1 is 1.07 bits per heavy atom. The van der Waals surface area contributed by atoms with Crippen LogP contribution < -0.4 is 14.8 Å². The van der Waals surface area contributed by atoms with Crippen molar-refractivity contribution in [3.05, 3.63) is 48.5 Å². The lowest BCUT2D eigenvalue weighted by atomic mass is 10.2. The van der Waals surface area contributed by atoms with Crippen LogP contribution in [0.4, 0.5) is 0 Å². The first kappa shape index (κ1) is 18.4. The molecule has 0 atom stereocenters. The van der Waals surface area contributed by atoms with E-state index in [2.05, 4.69) is 15.5 Å². The van der Waals surface area contributed by atoms with Gasteiger partial charge >= 0.3 is 0 Å². The third-order valence-corrected chi connectivity index (χ3v) is 3.70. The third kappa shape index (κ3) is 4.44. The molecule has 7 heteroatoms. The zero-order valence-corrected chi connectivity index (χ0v) is 15.4. The Kier molecular flexibility index (Phi) is 5.71. The normalized spacial score (nSPS) is 10.7. The predicted octanol–water partition coefficient (Wildman–Crippen LogP) is 3.32. The monoisotopic (exact) mass is 367 g/mol. The van der Waals surface area contributed by atoms with Gasteiger partial charge in [0.2, 0.25) is 5.82 Å². The van der Waals surface area contributed by atoms with Crippen molar-refractivity contribution in [1.82, 2.24) is 15.5 Å². The highest BCUT2D eigenvalue weighted by Gasteiger charge is 2.17. The van der Waals surface area contributed by atoms with Gasteiger partial charge in [-0.3, -0.25) is 4.79 Å². The van der Waals surface area contributed by atoms with Gasteiger partial charge in [-0.2, -0.15) is 4.98 Å². The van der Waals surface area contributed by atoms with Gasteiger partial charge in [0, 0.05) is 6.04 Å². The first-order valence-corrected chi connectivity index (χ1v) is 8.57. The molecule has 2 aromatic carbocycles. The van der Waals surface area contributed by atoms with E-state index in [0.717, 1.165) is 0 Å². The van der Waals surface area contributed by atoms with E-state index >= 15 is 0 Å². The SMILES string of the molecule is COc1ccccc1-c1nc(-c2ccccc2OCC(=O)NC(C)C)no1. The van der Waals surface area contributed by atoms with E-state index < -0.39 is 0 Å². The molecule has 0 aliphatic carbocycles. The number of methoxy groups -OCH3 is 1. The molecule has 1 N–H and O–H groups in total. The van der Waals surface area contributed by atoms with Crippen LogP contribution in [0.25, 0.3) is 22.8 Å². The minimum atomic E-state index is -0.192. The van der Waals surface area contributed by atoms with Crippen LogP contribution in [0.1, 0.15) is 13.8 Å². The van der Waals surface area contributed by atoms with Crippen molar-refractivity contribution in [2.45, 2.75) is 19.9 Å². The summed E-state index contributed by atoms with van der Waals surface area (Å²) in [7, 11) is 1.58. The summed E-state index contributed by atoms with van der Waals surface area (Å²) in [5.41, 5.74) is 1.34. The van der Waals surface area contributed by atoms with Crippen molar-refractivity contribution in [2.75, 3.05) is 13.7 Å². The molecule has 1 heterocycles. The van der Waals surface area contributed by atoms with Gasteiger partial charge in [0.15, 0.2) is 6.61 Å². The van der Waals surface area contributed by atoms with E-state index in [1.807, 2.05) is 56.3 Å². The number of amides is 1. The molecule has 0 saturated heterocycles. The Labute approximate surface area is 157 Å². The molecule has 1 amide bonds. The molecule has 3 rings (SSSR count). The molecule has 27 heavy (non-hydrogen) atoms. The van der Waals surface area contributed by atoms with E-state index in [4.69, 9.17) is 14.0 Å². The fraction of sp³-hybridized carbons (Fsp3) is 0.250. The van der Waals surface area contributed by atoms with Crippen molar-refractivity contribution in [2.24, 2.45) is 0 Å². The van der Waals surface area contributed by atoms with Gasteiger partial charge in [0.25, 0.3) is 11.8 Å². The first-order chi connectivity index (χ1) is 13.1. The summed E-state index contributed by atoms with van der Waals surface area (Å²) in [5.74, 6) is 1.67. The zero-order valence-electron chi connectivity index (χ0n) is 15.4. The van der Waals surface area contributed by atoms with Gasteiger partial charge in [-0.05, 0) is 38.1 Å². The highest BCUT2D eigenvalue weighted by molar-refractivity contribution is 5.78. The molecule has 3 aromatic rings. The van der Waals surface area contributed by atoms with Crippen LogP contribution in [0.2, 0.25) is 0 Å². The summed E-state index contributed by atoms with van der Waals surface area (Å²) in [6.07, 6.45) is 0. The van der Waals surface area contributed by atoms with Crippen LogP contribution in [0, 0.1) is 0 Å². The van der Waals surface area contributed by atoms with Crippen LogP contribution in [0.5, 0.6) is 11.5 Å². The predicted molar refractivity (Wildman–Crippen MR) is 100 cm³/mol. The molecule has 0 bridgehead atoms. The minimum Gasteiger partial charge on any atom is -0.496 e. The average molecular weight is 367 g/mol. The fourth-order valence-corrected chi connectivity index (χ4v) is 2.55. The van der Waals surface area contributed by atoms with Crippen LogP contribution in [-0.2, 0) is 4.79 Å². The molecule has 140 valence electrons. The lowest BCUT2D eigenvalue weighted by Gasteiger charge is -2.11. The van der Waals surface area contributed by atoms with Crippen LogP contribution in [-0.4, -0.2) is 35.8 Å². The summed E-state index contributed by atoms with van der Waals surface area (Å²) < 4.78 is 16.4. The van der Waals surface area contributed by atoms with Crippen molar-refractivity contribution < 1.29 is 18.8 Å². The van der Waals surface area contributed by atoms with E-state index in [1.54, 1.807) is 13.2 Å². The second-order valence-electron chi connectivity index (χ2n) is 6.13. The Morgan fingerprint density at radius 3 is 2.44 bits per heavy atom. The summed E-state index contributed by atoms with van der Waals surface area (Å²) in [6, 6.07) is 14.7. The molecule has 0 unspecified atom stereocenters. The number of rotatable bonds is 7. The topological polar surface area (TPSA) is 86.5 Å². The highest BCUT2D eigenvalue weighted by atomic mass is 16.5. The average Bonchev–Trinajstić information content (AvgIpc) is 3.16. The second-order valence-corrected chi connectivity index (χ2v) is 6.13. The Hall–Kier alpha value is -3.35. The van der Waals surface area contributed by atoms with Gasteiger partial charge in [-0.1, -0.05) is 29.4 Å². The summed E-state index contributed by atoms with van der Waals surface area (Å²) in [4.78, 5) is 16.3. The fourth-order valence-electron chi connectivity index (χ4n) is 2.55. The van der Waals surface area contributed by atoms with Gasteiger partial charge in [-0.25, -0.2) is 0 Å². The maximum absolute atomic E-state index is 11.8. The van der Waals surface area contributed by atoms with Crippen LogP contribution in [0.3, 0.4) is 0 Å². The van der Waals surface area contributed by atoms with Crippen molar-refractivity contribution in [3.63, 3.8) is 0 Å². The molecule has 0 aliphatic heterocycles. The van der Waals surface area contributed by atoms with Crippen molar-refractivity contribution >= 4 is 5.91 Å². The number of benzene rings is 2. The molecule has 1 aromatic heterocycles. The molecular formula is C20H21N3O4. The van der Waals surface area contributed by atoms with Crippen molar-refractivity contribution in [1.29, 1.82) is 0 Å². The van der Waals surface area contributed by atoms with Crippen LogP contribution in [0.15, 0.2) is 53.1 Å². The largest absolute Gasteiger partial charge is 0.496 e. The standard InChI is InChI=1S/C20H21N3O4/c1-13(2)21-18(24)12-26-17-11-7-4-8-14(17)19-22-20(27-23-19)15-9-5-6-10-16(15)25-3/h4-11,13H,12H2,1-3H3,(H,21,24). The smallest absolute Gasteiger partial charge is 0.262 e. The number of hydrogen-bond acceptors (Lipinski definition) is 6. The number of nitrogens with zero attached hydrogens (tertiary/aromatic N) is 2. The Morgan fingerprint density at radius 2 is 1.74 bits per heavy atom. The minimum absolute atomic E-state index is 0.0527. The number of para-hydroxylation sites is 2. The van der Waals surface area contributed by atoms with E-state index in [-0.39, 0.29) is 18.6 Å². The number of hydrogen-bond donors (Lipinski definition) is 1. The lowest BCUT2D eigenvalue weighted by molar-refractivity contribution is -0.123. The van der Waals surface area contributed by atoms with Crippen LogP contribution >= 0.6 is 0 Å². The van der Waals surface area contributed by atoms with E-state index in [1.165, 1.54) is 0 Å². The van der Waals surface area contributed by atoms with Gasteiger partial charge in [0.05, 0.1) is 18.2 Å². The first-order valence-electron chi connectivity index (χ1n) is 8.57. The Balaban J connectivity index is 1.84. The number of aromatic nitrogens is 2. The number of carbonyl (C=O) groups excluding carboxylic acids is 1. The quantitative estimate of drug-likeness (QED) is 0.689. The number of carbonyl (C=O) groups is 1. The molecule has 0 saturated carbocycles. The van der Waals surface area contributed by atoms with Crippen molar-refractivity contribution in [3.8, 4) is 34.3 Å². The Bertz CT molecular complexity index is 921. The maximum Gasteiger partial charge on any atom is 0.262 e. The van der Waals surface area contributed by atoms with Gasteiger partial charge in [-0.15, -0.1) is 0 Å². The highest BCUT2D eigenvalue weighted by Crippen LogP contribution is 2.32. The molecule has 0 radical (unpaired) electrons. The molecule has 0 fully saturated rings. The van der Waals surface area contributed by atoms with Gasteiger partial charge < -0.3 is 19.3 Å². The van der Waals surface area contributed by atoms with E-state index in [9.17, 15) is 4.79 Å². The maximum atomic E-state index is 11.8. The van der Waals surface area contributed by atoms with Gasteiger partial charge in [0.1, 0.15) is 11.5 Å². The third-order valence-electron chi connectivity index (χ3n) is 3.70. The summed E-state index contributed by atoms with van der Waals surface area (Å²) in [6.45, 7) is 3.70. The van der Waals surface area contributed by atoms with E-state index in [0.29, 0.717) is 34.3 Å². The molecule has 7 nitrogen and oxygen atoms in total. The molecule has 0 spiro atoms. The lowest BCUT2D eigenvalue weighted by Crippen LogP contribution is -2.34.